The van der Waals surface area contributed by atoms with Crippen molar-refractivity contribution in [3.63, 3.8) is 0 Å². The second kappa shape index (κ2) is 10.2. The number of hydrazone groups is 1. The van der Waals surface area contributed by atoms with Crippen molar-refractivity contribution < 1.29 is 13.2 Å². The number of carbonyl (C=O) groups is 1. The number of nitrogens with one attached hydrogen (secondary N) is 1. The van der Waals surface area contributed by atoms with Crippen LogP contribution in [-0.2, 0) is 21.4 Å². The molecule has 1 aromatic heterocycles. The minimum absolute atomic E-state index is 0.0522. The minimum Gasteiger partial charge on any atom is -0.272 e. The van der Waals surface area contributed by atoms with Crippen LogP contribution in [0.25, 0.3) is 0 Å². The Morgan fingerprint density at radius 3 is 2.40 bits per heavy atom. The monoisotopic (exact) mass is 486 g/mol. The molecule has 154 valence electrons. The minimum atomic E-state index is -3.90. The van der Waals surface area contributed by atoms with Crippen molar-refractivity contribution in [2.45, 2.75) is 11.4 Å². The molecule has 3 rings (SSSR count). The first-order chi connectivity index (χ1) is 14.4. The molecule has 0 saturated carbocycles. The average molecular weight is 487 g/mol. The smallest absolute Gasteiger partial charge is 0.255 e. The molecule has 1 amide bonds. The van der Waals surface area contributed by atoms with Gasteiger partial charge in [-0.2, -0.15) is 9.41 Å². The van der Waals surface area contributed by atoms with Crippen LogP contribution in [-0.4, -0.2) is 36.4 Å². The summed E-state index contributed by atoms with van der Waals surface area (Å²) in [6, 6.07) is 20.7. The summed E-state index contributed by atoms with van der Waals surface area (Å²) < 4.78 is 28.2. The van der Waals surface area contributed by atoms with E-state index in [0.717, 1.165) is 14.3 Å². The second-order valence-electron chi connectivity index (χ2n) is 6.26. The number of nitrogens with zero attached hydrogens (tertiary/aromatic N) is 3. The van der Waals surface area contributed by atoms with Gasteiger partial charge in [-0.05, 0) is 42.0 Å². The van der Waals surface area contributed by atoms with Crippen molar-refractivity contribution >= 4 is 38.1 Å². The van der Waals surface area contributed by atoms with Gasteiger partial charge in [0.15, 0.2) is 0 Å². The fourth-order valence-corrected chi connectivity index (χ4v) is 4.24. The van der Waals surface area contributed by atoms with Crippen molar-refractivity contribution in [1.82, 2.24) is 14.7 Å². The number of hydrogen-bond donors (Lipinski definition) is 1. The second-order valence-corrected chi connectivity index (χ2v) is 9.11. The van der Waals surface area contributed by atoms with E-state index in [1.807, 2.05) is 18.2 Å². The molecule has 0 fully saturated rings. The highest BCUT2D eigenvalue weighted by atomic mass is 79.9. The van der Waals surface area contributed by atoms with Gasteiger partial charge in [-0.25, -0.2) is 13.8 Å². The number of aromatic nitrogens is 1. The Hall–Kier alpha value is -2.88. The van der Waals surface area contributed by atoms with Gasteiger partial charge in [0, 0.05) is 17.2 Å². The lowest BCUT2D eigenvalue weighted by Crippen LogP contribution is -2.39. The number of amides is 1. The normalized spacial score (nSPS) is 11.7. The summed E-state index contributed by atoms with van der Waals surface area (Å²) in [6.07, 6.45) is 3.00. The van der Waals surface area contributed by atoms with Gasteiger partial charge in [0.1, 0.15) is 0 Å². The Labute approximate surface area is 183 Å². The van der Waals surface area contributed by atoms with Gasteiger partial charge in [-0.3, -0.25) is 9.78 Å². The SMILES string of the molecule is O=C(CN(Cc1ccccc1)S(=O)(=O)c1ccc(Br)cc1)NN=Cc1ccccn1. The number of sulfonamides is 1. The predicted molar refractivity (Wildman–Crippen MR) is 118 cm³/mol. The van der Waals surface area contributed by atoms with Gasteiger partial charge >= 0.3 is 0 Å². The molecule has 0 aliphatic carbocycles. The van der Waals surface area contributed by atoms with Crippen LogP contribution in [0.2, 0.25) is 0 Å². The van der Waals surface area contributed by atoms with E-state index in [4.69, 9.17) is 0 Å². The molecule has 0 bridgehead atoms. The first kappa shape index (κ1) is 21.8. The number of carbonyl (C=O) groups excluding carboxylic acids is 1. The van der Waals surface area contributed by atoms with E-state index < -0.39 is 15.9 Å². The Bertz CT molecular complexity index is 1110. The molecule has 3 aromatic rings. The van der Waals surface area contributed by atoms with E-state index in [9.17, 15) is 13.2 Å². The summed E-state index contributed by atoms with van der Waals surface area (Å²) in [7, 11) is -3.90. The zero-order valence-corrected chi connectivity index (χ0v) is 18.3. The molecule has 2 aromatic carbocycles. The number of rotatable bonds is 8. The third kappa shape index (κ3) is 6.06. The molecule has 0 spiro atoms. The molecule has 0 atom stereocenters. The van der Waals surface area contributed by atoms with Crippen LogP contribution in [0.3, 0.4) is 0 Å². The first-order valence-corrected chi connectivity index (χ1v) is 11.2. The number of hydrogen-bond acceptors (Lipinski definition) is 5. The molecule has 7 nitrogen and oxygen atoms in total. The van der Waals surface area contributed by atoms with E-state index in [1.165, 1.54) is 18.3 Å². The summed E-state index contributed by atoms with van der Waals surface area (Å²) in [5, 5.41) is 3.85. The molecule has 0 unspecified atom stereocenters. The Morgan fingerprint density at radius 2 is 1.73 bits per heavy atom. The van der Waals surface area contributed by atoms with Gasteiger partial charge < -0.3 is 0 Å². The molecular weight excluding hydrogens is 468 g/mol. The van der Waals surface area contributed by atoms with E-state index in [0.29, 0.717) is 5.69 Å². The number of pyridine rings is 1. The first-order valence-electron chi connectivity index (χ1n) is 8.98. The molecule has 9 heteroatoms. The zero-order chi connectivity index (χ0) is 21.4. The average Bonchev–Trinajstić information content (AvgIpc) is 2.75. The van der Waals surface area contributed by atoms with Crippen molar-refractivity contribution in [3.05, 3.63) is 94.7 Å². The van der Waals surface area contributed by atoms with Crippen LogP contribution in [0.4, 0.5) is 0 Å². The molecule has 30 heavy (non-hydrogen) atoms. The molecular formula is C21H19BrN4O3S. The van der Waals surface area contributed by atoms with Gasteiger partial charge in [-0.15, -0.1) is 0 Å². The maximum Gasteiger partial charge on any atom is 0.255 e. The fourth-order valence-electron chi connectivity index (χ4n) is 2.59. The largest absolute Gasteiger partial charge is 0.272 e. The van der Waals surface area contributed by atoms with E-state index in [2.05, 4.69) is 31.4 Å². The third-order valence-electron chi connectivity index (χ3n) is 4.05. The summed E-state index contributed by atoms with van der Waals surface area (Å²) in [5.74, 6) is -0.557. The molecule has 0 aliphatic heterocycles. The van der Waals surface area contributed by atoms with Crippen LogP contribution in [0.1, 0.15) is 11.3 Å². The van der Waals surface area contributed by atoms with Crippen molar-refractivity contribution in [2.24, 2.45) is 5.10 Å². The fraction of sp³-hybridized carbons (Fsp3) is 0.0952. The Balaban J connectivity index is 1.77. The highest BCUT2D eigenvalue weighted by Crippen LogP contribution is 2.20. The lowest BCUT2D eigenvalue weighted by Gasteiger charge is -2.21. The summed E-state index contributed by atoms with van der Waals surface area (Å²) >= 11 is 3.30. The summed E-state index contributed by atoms with van der Waals surface area (Å²) in [6.45, 7) is -0.330. The van der Waals surface area contributed by atoms with Crippen LogP contribution in [0.15, 0.2) is 93.5 Å². The summed E-state index contributed by atoms with van der Waals surface area (Å²) in [4.78, 5) is 16.6. The molecule has 0 saturated heterocycles. The highest BCUT2D eigenvalue weighted by molar-refractivity contribution is 9.10. The van der Waals surface area contributed by atoms with E-state index >= 15 is 0 Å². The van der Waals surface area contributed by atoms with Crippen LogP contribution in [0, 0.1) is 0 Å². The molecule has 1 heterocycles. The van der Waals surface area contributed by atoms with Crippen molar-refractivity contribution in [1.29, 1.82) is 0 Å². The topological polar surface area (TPSA) is 91.7 Å². The van der Waals surface area contributed by atoms with E-state index in [-0.39, 0.29) is 18.0 Å². The van der Waals surface area contributed by atoms with Gasteiger partial charge in [0.05, 0.1) is 23.3 Å². The highest BCUT2D eigenvalue weighted by Gasteiger charge is 2.26. The van der Waals surface area contributed by atoms with Crippen LogP contribution >= 0.6 is 15.9 Å². The van der Waals surface area contributed by atoms with Gasteiger partial charge in [-0.1, -0.05) is 52.3 Å². The maximum absolute atomic E-state index is 13.2. The lowest BCUT2D eigenvalue weighted by atomic mass is 10.2. The van der Waals surface area contributed by atoms with Crippen LogP contribution in [0.5, 0.6) is 0 Å². The van der Waals surface area contributed by atoms with Gasteiger partial charge in [0.25, 0.3) is 5.91 Å². The lowest BCUT2D eigenvalue weighted by molar-refractivity contribution is -0.121. The summed E-state index contributed by atoms with van der Waals surface area (Å²) in [5.41, 5.74) is 3.69. The predicted octanol–water partition coefficient (Wildman–Crippen LogP) is 3.19. The number of benzene rings is 2. The Kier molecular flexibility index (Phi) is 7.45. The Morgan fingerprint density at radius 1 is 1.03 bits per heavy atom. The standard InChI is InChI=1S/C21H19BrN4O3S/c22-18-9-11-20(12-10-18)30(28,29)26(15-17-6-2-1-3-7-17)16-21(27)25-24-14-19-8-4-5-13-23-19/h1-14H,15-16H2,(H,25,27). The van der Waals surface area contributed by atoms with Gasteiger partial charge in [0.2, 0.25) is 10.0 Å². The van der Waals surface area contributed by atoms with Crippen LogP contribution < -0.4 is 5.43 Å². The maximum atomic E-state index is 13.2. The number of halogens is 1. The van der Waals surface area contributed by atoms with Crippen molar-refractivity contribution in [3.8, 4) is 0 Å². The third-order valence-corrected chi connectivity index (χ3v) is 6.38. The molecule has 1 N–H and O–H groups in total. The molecule has 0 radical (unpaired) electrons. The van der Waals surface area contributed by atoms with E-state index in [1.54, 1.807) is 48.7 Å². The molecule has 0 aliphatic rings. The zero-order valence-electron chi connectivity index (χ0n) is 15.8. The van der Waals surface area contributed by atoms with Crippen molar-refractivity contribution in [2.75, 3.05) is 6.54 Å². The quantitative estimate of drug-likeness (QED) is 0.390.